The third-order valence-corrected chi connectivity index (χ3v) is 7.51. The predicted octanol–water partition coefficient (Wildman–Crippen LogP) is 4.20. The molecule has 2 aromatic rings. The Labute approximate surface area is 254 Å². The van der Waals surface area contributed by atoms with Crippen LogP contribution < -0.4 is 0 Å². The lowest BCUT2D eigenvalue weighted by molar-refractivity contribution is -0.0397. The standard InChI is InChI=1S/C31H48N4O3.2ClH/c1-32(2)19-11-13-21-34-27(23-25-15-7-5-8-16-25)29(36)30(37)28(24-26-17-9-6-10-18-26)35(31(34)38)22-14-12-20-33(3)4;;/h5-10,15-18,27-30,36-37H,11-14,19-24H2,1-4H3;2*1H/t27-,28-,29+,30+;;/m1../s1. The van der Waals surface area contributed by atoms with Gasteiger partial charge in [-0.15, -0.1) is 24.8 Å². The molecule has 0 unspecified atom stereocenters. The zero-order chi connectivity index (χ0) is 27.5. The van der Waals surface area contributed by atoms with Crippen molar-refractivity contribution in [3.05, 3.63) is 71.8 Å². The quantitative estimate of drug-likeness (QED) is 0.320. The summed E-state index contributed by atoms with van der Waals surface area (Å²) in [7, 11) is 8.22. The van der Waals surface area contributed by atoms with E-state index in [1.165, 1.54) is 0 Å². The second-order valence-corrected chi connectivity index (χ2v) is 11.2. The smallest absolute Gasteiger partial charge is 0.320 e. The Kier molecular flexibility index (Phi) is 16.8. The summed E-state index contributed by atoms with van der Waals surface area (Å²) in [6.07, 6.45) is 2.52. The normalized spacial score (nSPS) is 21.2. The molecular formula is C31H50Cl2N4O3. The molecule has 1 saturated heterocycles. The van der Waals surface area contributed by atoms with Crippen LogP contribution in [0.15, 0.2) is 60.7 Å². The minimum Gasteiger partial charge on any atom is -0.388 e. The summed E-state index contributed by atoms with van der Waals surface area (Å²) in [5.74, 6) is 0. The second-order valence-electron chi connectivity index (χ2n) is 11.2. The zero-order valence-corrected chi connectivity index (χ0v) is 26.2. The van der Waals surface area contributed by atoms with Crippen molar-refractivity contribution in [1.29, 1.82) is 0 Å². The summed E-state index contributed by atoms with van der Waals surface area (Å²) < 4.78 is 0. The van der Waals surface area contributed by atoms with Crippen LogP contribution in [0.5, 0.6) is 0 Å². The summed E-state index contributed by atoms with van der Waals surface area (Å²) in [6.45, 7) is 3.00. The number of urea groups is 1. The number of amides is 2. The molecule has 1 aliphatic heterocycles. The third kappa shape index (κ3) is 10.8. The van der Waals surface area contributed by atoms with Crippen LogP contribution >= 0.6 is 24.8 Å². The van der Waals surface area contributed by atoms with Gasteiger partial charge in [0.05, 0.1) is 12.1 Å². The first-order chi connectivity index (χ1) is 18.3. The van der Waals surface area contributed by atoms with E-state index in [0.717, 1.165) is 49.9 Å². The van der Waals surface area contributed by atoms with Crippen molar-refractivity contribution in [2.24, 2.45) is 0 Å². The summed E-state index contributed by atoms with van der Waals surface area (Å²) >= 11 is 0. The Morgan fingerprint density at radius 2 is 0.975 bits per heavy atom. The van der Waals surface area contributed by atoms with Crippen LogP contribution in [0.3, 0.4) is 0 Å². The van der Waals surface area contributed by atoms with Crippen molar-refractivity contribution in [2.45, 2.75) is 62.8 Å². The molecular weight excluding hydrogens is 547 g/mol. The van der Waals surface area contributed by atoms with Crippen molar-refractivity contribution >= 4 is 30.8 Å². The topological polar surface area (TPSA) is 70.5 Å². The number of carbonyl (C=O) groups excluding carboxylic acids is 1. The lowest BCUT2D eigenvalue weighted by Gasteiger charge is -2.36. The second kappa shape index (κ2) is 18.5. The van der Waals surface area contributed by atoms with E-state index in [0.29, 0.717) is 25.9 Å². The number of rotatable bonds is 14. The van der Waals surface area contributed by atoms with Crippen molar-refractivity contribution in [1.82, 2.24) is 19.6 Å². The molecule has 1 aliphatic rings. The highest BCUT2D eigenvalue weighted by molar-refractivity contribution is 5.85. The van der Waals surface area contributed by atoms with Gasteiger partial charge in [0.25, 0.3) is 0 Å². The Morgan fingerprint density at radius 1 is 0.625 bits per heavy atom. The molecule has 3 rings (SSSR count). The number of aliphatic hydroxyl groups is 2. The van der Waals surface area contributed by atoms with Gasteiger partial charge < -0.3 is 29.8 Å². The molecule has 2 N–H and O–H groups in total. The molecule has 4 atom stereocenters. The molecule has 1 heterocycles. The van der Waals surface area contributed by atoms with Gasteiger partial charge in [-0.3, -0.25) is 0 Å². The van der Waals surface area contributed by atoms with Gasteiger partial charge in [0.15, 0.2) is 0 Å². The lowest BCUT2D eigenvalue weighted by Crippen LogP contribution is -2.51. The van der Waals surface area contributed by atoms with Crippen LogP contribution in [0.4, 0.5) is 4.79 Å². The Morgan fingerprint density at radius 3 is 1.30 bits per heavy atom. The molecule has 9 heteroatoms. The van der Waals surface area contributed by atoms with Gasteiger partial charge in [0.1, 0.15) is 12.2 Å². The average Bonchev–Trinajstić information content (AvgIpc) is 2.96. The maximum absolute atomic E-state index is 14.3. The first-order valence-electron chi connectivity index (χ1n) is 14.1. The van der Waals surface area contributed by atoms with Crippen LogP contribution in [0, 0.1) is 0 Å². The first kappa shape index (κ1) is 36.2. The Balaban J connectivity index is 0.00000400. The fourth-order valence-electron chi connectivity index (χ4n) is 5.39. The minimum atomic E-state index is -1.05. The highest BCUT2D eigenvalue weighted by atomic mass is 35.5. The summed E-state index contributed by atoms with van der Waals surface area (Å²) in [6, 6.07) is 18.9. The number of halogens is 2. The van der Waals surface area contributed by atoms with Crippen molar-refractivity contribution in [3.63, 3.8) is 0 Å². The van der Waals surface area contributed by atoms with Gasteiger partial charge in [0.2, 0.25) is 0 Å². The van der Waals surface area contributed by atoms with Gasteiger partial charge in [0, 0.05) is 13.1 Å². The number of aliphatic hydroxyl groups excluding tert-OH is 2. The van der Waals surface area contributed by atoms with Crippen LogP contribution in [0.1, 0.15) is 36.8 Å². The highest BCUT2D eigenvalue weighted by Crippen LogP contribution is 2.28. The molecule has 0 aliphatic carbocycles. The maximum Gasteiger partial charge on any atom is 0.320 e. The highest BCUT2D eigenvalue weighted by Gasteiger charge is 2.45. The molecule has 1 fully saturated rings. The van der Waals surface area contributed by atoms with E-state index in [4.69, 9.17) is 0 Å². The molecule has 0 radical (unpaired) electrons. The SMILES string of the molecule is CN(C)CCCCN1C(=O)N(CCCCN(C)C)[C@H](Cc2ccccc2)[C@H](O)[C@@H](O)[C@H]1Cc1ccccc1.Cl.Cl. The van der Waals surface area contributed by atoms with Crippen molar-refractivity contribution < 1.29 is 15.0 Å². The number of nitrogens with zero attached hydrogens (tertiary/aromatic N) is 4. The number of unbranched alkanes of at least 4 members (excludes halogenated alkanes) is 2. The van der Waals surface area contributed by atoms with E-state index in [1.807, 2.05) is 70.5 Å². The van der Waals surface area contributed by atoms with Gasteiger partial charge in [-0.25, -0.2) is 4.79 Å². The molecule has 226 valence electrons. The minimum absolute atomic E-state index is 0. The number of hydrogen-bond donors (Lipinski definition) is 2. The molecule has 2 amide bonds. The monoisotopic (exact) mass is 596 g/mol. The Bertz CT molecular complexity index is 877. The number of carbonyl (C=O) groups is 1. The van der Waals surface area contributed by atoms with E-state index in [1.54, 1.807) is 0 Å². The van der Waals surface area contributed by atoms with E-state index in [2.05, 4.69) is 38.0 Å². The largest absolute Gasteiger partial charge is 0.388 e. The van der Waals surface area contributed by atoms with E-state index >= 15 is 0 Å². The Hall–Kier alpha value is -1.87. The van der Waals surface area contributed by atoms with E-state index in [9.17, 15) is 15.0 Å². The average molecular weight is 598 g/mol. The van der Waals surface area contributed by atoms with Crippen molar-refractivity contribution in [3.8, 4) is 0 Å². The lowest BCUT2D eigenvalue weighted by atomic mass is 9.91. The third-order valence-electron chi connectivity index (χ3n) is 7.51. The zero-order valence-electron chi connectivity index (χ0n) is 24.6. The van der Waals surface area contributed by atoms with Crippen LogP contribution in [0.2, 0.25) is 0 Å². The van der Waals surface area contributed by atoms with Gasteiger partial charge in [-0.1, -0.05) is 60.7 Å². The molecule has 0 spiro atoms. The van der Waals surface area contributed by atoms with Crippen molar-refractivity contribution in [2.75, 3.05) is 54.4 Å². The van der Waals surface area contributed by atoms with Gasteiger partial charge >= 0.3 is 6.03 Å². The molecule has 0 bridgehead atoms. The van der Waals surface area contributed by atoms with E-state index < -0.39 is 24.3 Å². The summed E-state index contributed by atoms with van der Waals surface area (Å²) in [5, 5.41) is 23.3. The molecule has 7 nitrogen and oxygen atoms in total. The molecule has 0 aromatic heterocycles. The fraction of sp³-hybridized carbons (Fsp3) is 0.581. The van der Waals surface area contributed by atoms with Gasteiger partial charge in [-0.05, 0) is 90.9 Å². The van der Waals surface area contributed by atoms with Crippen LogP contribution in [-0.4, -0.2) is 115 Å². The predicted molar refractivity (Wildman–Crippen MR) is 169 cm³/mol. The molecule has 40 heavy (non-hydrogen) atoms. The number of benzene rings is 2. The summed E-state index contributed by atoms with van der Waals surface area (Å²) in [5.41, 5.74) is 2.10. The summed E-state index contributed by atoms with van der Waals surface area (Å²) in [4.78, 5) is 22.3. The van der Waals surface area contributed by atoms with Crippen LogP contribution in [0.25, 0.3) is 0 Å². The van der Waals surface area contributed by atoms with Crippen LogP contribution in [-0.2, 0) is 12.8 Å². The van der Waals surface area contributed by atoms with Gasteiger partial charge in [-0.2, -0.15) is 0 Å². The molecule has 2 aromatic carbocycles. The first-order valence-corrected chi connectivity index (χ1v) is 14.1. The maximum atomic E-state index is 14.3. The number of hydrogen-bond acceptors (Lipinski definition) is 5. The molecule has 0 saturated carbocycles. The fourth-order valence-corrected chi connectivity index (χ4v) is 5.39. The van der Waals surface area contributed by atoms with E-state index in [-0.39, 0.29) is 30.8 Å².